The van der Waals surface area contributed by atoms with E-state index in [0.717, 1.165) is 38.5 Å². The minimum absolute atomic E-state index is 0.0554. The van der Waals surface area contributed by atoms with Gasteiger partial charge < -0.3 is 9.80 Å². The van der Waals surface area contributed by atoms with Crippen LogP contribution in [-0.4, -0.2) is 58.2 Å². The van der Waals surface area contributed by atoms with Crippen LogP contribution in [0, 0.1) is 5.92 Å². The van der Waals surface area contributed by atoms with Gasteiger partial charge in [-0.05, 0) is 51.6 Å². The minimum atomic E-state index is -0.133. The molecule has 0 unspecified atom stereocenters. The Morgan fingerprint density at radius 1 is 1.00 bits per heavy atom. The highest BCUT2D eigenvalue weighted by Gasteiger charge is 2.26. The first-order chi connectivity index (χ1) is 14.5. The Labute approximate surface area is 178 Å². The van der Waals surface area contributed by atoms with E-state index < -0.39 is 0 Å². The molecule has 1 aromatic heterocycles. The molecule has 0 spiro atoms. The van der Waals surface area contributed by atoms with Gasteiger partial charge in [-0.15, -0.1) is 0 Å². The van der Waals surface area contributed by atoms with Gasteiger partial charge in [-0.1, -0.05) is 37.5 Å². The van der Waals surface area contributed by atoms with E-state index in [-0.39, 0.29) is 17.5 Å². The maximum atomic E-state index is 13.5. The molecule has 30 heavy (non-hydrogen) atoms. The third kappa shape index (κ3) is 4.43. The van der Waals surface area contributed by atoms with Crippen molar-refractivity contribution < 1.29 is 4.79 Å². The molecule has 1 aliphatic carbocycles. The largest absolute Gasteiger partial charge is 0.336 e. The van der Waals surface area contributed by atoms with Gasteiger partial charge in [-0.25, -0.2) is 4.68 Å². The lowest BCUT2D eigenvalue weighted by atomic mass is 9.89. The molecule has 0 N–H and O–H groups in total. The van der Waals surface area contributed by atoms with Gasteiger partial charge in [0, 0.05) is 31.6 Å². The summed E-state index contributed by atoms with van der Waals surface area (Å²) in [5, 5.41) is 5.75. The molecule has 2 aromatic rings. The van der Waals surface area contributed by atoms with E-state index in [1.54, 1.807) is 6.07 Å². The Balaban J connectivity index is 1.54. The fraction of sp³-hybridized carbons (Fsp3) is 0.625. The zero-order valence-corrected chi connectivity index (χ0v) is 18.3. The summed E-state index contributed by atoms with van der Waals surface area (Å²) in [7, 11) is 0. The van der Waals surface area contributed by atoms with E-state index in [2.05, 4.69) is 10.00 Å². The molecule has 1 saturated heterocycles. The van der Waals surface area contributed by atoms with E-state index in [1.807, 2.05) is 36.9 Å². The summed E-state index contributed by atoms with van der Waals surface area (Å²) in [5.74, 6) is 0.765. The molecule has 1 saturated carbocycles. The third-order valence-corrected chi connectivity index (χ3v) is 6.64. The molecule has 2 fully saturated rings. The van der Waals surface area contributed by atoms with Crippen LogP contribution in [-0.2, 0) is 0 Å². The van der Waals surface area contributed by atoms with Crippen molar-refractivity contribution >= 4 is 16.7 Å². The first-order valence-electron chi connectivity index (χ1n) is 11.6. The second-order valence-corrected chi connectivity index (χ2v) is 9.19. The van der Waals surface area contributed by atoms with Crippen LogP contribution in [0.3, 0.4) is 0 Å². The lowest BCUT2D eigenvalue weighted by Gasteiger charge is -2.28. The van der Waals surface area contributed by atoms with Crippen LogP contribution in [0.1, 0.15) is 68.9 Å². The zero-order valence-electron chi connectivity index (χ0n) is 18.3. The van der Waals surface area contributed by atoms with Crippen LogP contribution in [0.25, 0.3) is 10.8 Å². The van der Waals surface area contributed by atoms with Gasteiger partial charge in [0.25, 0.3) is 11.5 Å². The van der Waals surface area contributed by atoms with Gasteiger partial charge in [-0.3, -0.25) is 9.59 Å². The van der Waals surface area contributed by atoms with Crippen molar-refractivity contribution in [1.82, 2.24) is 19.6 Å². The number of carbonyl (C=O) groups excluding carboxylic acids is 1. The van der Waals surface area contributed by atoms with Crippen LogP contribution in [0.15, 0.2) is 29.1 Å². The van der Waals surface area contributed by atoms with E-state index >= 15 is 0 Å². The molecule has 2 aliphatic rings. The Morgan fingerprint density at radius 3 is 2.47 bits per heavy atom. The standard InChI is InChI=1S/C24H34N4O2/c1-18(2)28-23(29)21-12-7-6-11-20(21)22(25-28)24(30)27-14-8-13-26(15-16-27)17-19-9-4-3-5-10-19/h6-7,11-12,18-19H,3-5,8-10,13-17H2,1-2H3. The normalized spacial score (nSPS) is 19.4. The van der Waals surface area contributed by atoms with Gasteiger partial charge in [0.1, 0.15) is 0 Å². The summed E-state index contributed by atoms with van der Waals surface area (Å²) in [6.45, 7) is 8.46. The minimum Gasteiger partial charge on any atom is -0.336 e. The number of carbonyl (C=O) groups is 1. The number of aromatic nitrogens is 2. The molecule has 1 amide bonds. The molecule has 4 rings (SSSR count). The maximum Gasteiger partial charge on any atom is 0.274 e. The van der Waals surface area contributed by atoms with Crippen LogP contribution in [0.4, 0.5) is 0 Å². The number of hydrogen-bond acceptors (Lipinski definition) is 4. The van der Waals surface area contributed by atoms with Crippen LogP contribution in [0.5, 0.6) is 0 Å². The van der Waals surface area contributed by atoms with Crippen molar-refractivity contribution in [3.63, 3.8) is 0 Å². The van der Waals surface area contributed by atoms with Crippen molar-refractivity contribution in [2.75, 3.05) is 32.7 Å². The maximum absolute atomic E-state index is 13.5. The number of fused-ring (bicyclic) bond motifs is 1. The summed E-state index contributed by atoms with van der Waals surface area (Å²) in [5.41, 5.74) is 0.270. The number of rotatable bonds is 4. The highest BCUT2D eigenvalue weighted by atomic mass is 16.2. The second kappa shape index (κ2) is 9.29. The van der Waals surface area contributed by atoms with Gasteiger partial charge >= 0.3 is 0 Å². The lowest BCUT2D eigenvalue weighted by Crippen LogP contribution is -2.38. The fourth-order valence-corrected chi connectivity index (χ4v) is 4.96. The summed E-state index contributed by atoms with van der Waals surface area (Å²) >= 11 is 0. The SMILES string of the molecule is CC(C)n1nc(C(=O)N2CCCN(CC3CCCCC3)CC2)c2ccccc2c1=O. The third-order valence-electron chi connectivity index (χ3n) is 6.64. The van der Waals surface area contributed by atoms with Crippen molar-refractivity contribution in [3.05, 3.63) is 40.3 Å². The summed E-state index contributed by atoms with van der Waals surface area (Å²) in [6, 6.07) is 7.26. The number of hydrogen-bond donors (Lipinski definition) is 0. The van der Waals surface area contributed by atoms with E-state index in [0.29, 0.717) is 16.5 Å². The van der Waals surface area contributed by atoms with E-state index in [9.17, 15) is 9.59 Å². The Kier molecular flexibility index (Phi) is 6.52. The van der Waals surface area contributed by atoms with Crippen LogP contribution >= 0.6 is 0 Å². The van der Waals surface area contributed by atoms with Crippen molar-refractivity contribution in [2.45, 2.75) is 58.4 Å². The number of nitrogens with zero attached hydrogens (tertiary/aromatic N) is 4. The predicted octanol–water partition coefficient (Wildman–Crippen LogP) is 3.71. The van der Waals surface area contributed by atoms with Crippen molar-refractivity contribution in [1.29, 1.82) is 0 Å². The number of amides is 1. The Morgan fingerprint density at radius 2 is 1.73 bits per heavy atom. The highest BCUT2D eigenvalue weighted by Crippen LogP contribution is 2.25. The monoisotopic (exact) mass is 410 g/mol. The van der Waals surface area contributed by atoms with Gasteiger partial charge in [0.2, 0.25) is 0 Å². The van der Waals surface area contributed by atoms with Crippen molar-refractivity contribution in [3.8, 4) is 0 Å². The fourth-order valence-electron chi connectivity index (χ4n) is 4.96. The average Bonchev–Trinajstić information content (AvgIpc) is 3.00. The first-order valence-corrected chi connectivity index (χ1v) is 11.6. The molecule has 162 valence electrons. The molecule has 0 atom stereocenters. The van der Waals surface area contributed by atoms with Gasteiger partial charge in [0.05, 0.1) is 11.4 Å². The van der Waals surface area contributed by atoms with Crippen LogP contribution in [0.2, 0.25) is 0 Å². The predicted molar refractivity (Wildman–Crippen MR) is 120 cm³/mol. The van der Waals surface area contributed by atoms with Crippen molar-refractivity contribution in [2.24, 2.45) is 5.92 Å². The van der Waals surface area contributed by atoms with Gasteiger partial charge in [0.15, 0.2) is 5.69 Å². The zero-order chi connectivity index (χ0) is 21.1. The molecule has 6 heteroatoms. The lowest BCUT2D eigenvalue weighted by molar-refractivity contribution is 0.0753. The highest BCUT2D eigenvalue weighted by molar-refractivity contribution is 6.04. The Bertz CT molecular complexity index is 946. The molecule has 1 aromatic carbocycles. The topological polar surface area (TPSA) is 58.4 Å². The second-order valence-electron chi connectivity index (χ2n) is 9.19. The molecular formula is C24H34N4O2. The smallest absolute Gasteiger partial charge is 0.274 e. The molecule has 6 nitrogen and oxygen atoms in total. The first kappa shape index (κ1) is 21.0. The molecule has 0 radical (unpaired) electrons. The van der Waals surface area contributed by atoms with E-state index in [4.69, 9.17) is 0 Å². The summed E-state index contributed by atoms with van der Waals surface area (Å²) in [6.07, 6.45) is 7.82. The number of benzene rings is 1. The summed E-state index contributed by atoms with van der Waals surface area (Å²) in [4.78, 5) is 30.7. The molecule has 2 heterocycles. The molecule has 0 bridgehead atoms. The quantitative estimate of drug-likeness (QED) is 0.771. The molecular weight excluding hydrogens is 376 g/mol. The Hall–Kier alpha value is -2.21. The summed E-state index contributed by atoms with van der Waals surface area (Å²) < 4.78 is 1.45. The van der Waals surface area contributed by atoms with Gasteiger partial charge in [-0.2, -0.15) is 5.10 Å². The average molecular weight is 411 g/mol. The van der Waals surface area contributed by atoms with Crippen LogP contribution < -0.4 is 5.56 Å². The van der Waals surface area contributed by atoms with E-state index in [1.165, 1.54) is 43.3 Å². The molecule has 1 aliphatic heterocycles.